The number of amides is 2. The maximum atomic E-state index is 15.4. The Morgan fingerprint density at radius 3 is 2.53 bits per heavy atom. The Balaban J connectivity index is 1.64. The molecule has 2 aromatic heterocycles. The number of carbonyl (C=O) groups excluding carboxylic acids is 2. The van der Waals surface area contributed by atoms with Crippen molar-refractivity contribution in [3.05, 3.63) is 83.6 Å². The van der Waals surface area contributed by atoms with E-state index in [1.807, 2.05) is 26.2 Å². The van der Waals surface area contributed by atoms with Crippen LogP contribution >= 0.6 is 11.3 Å². The molecule has 1 atom stereocenters. The van der Waals surface area contributed by atoms with Gasteiger partial charge in [-0.1, -0.05) is 24.3 Å². The van der Waals surface area contributed by atoms with Crippen LogP contribution in [-0.2, 0) is 9.59 Å². The van der Waals surface area contributed by atoms with Crippen molar-refractivity contribution in [3.63, 3.8) is 0 Å². The molecule has 9 heteroatoms. The first-order chi connectivity index (χ1) is 18.2. The van der Waals surface area contributed by atoms with Gasteiger partial charge >= 0.3 is 5.91 Å². The Morgan fingerprint density at radius 2 is 1.84 bits per heavy atom. The minimum Gasteiger partial charge on any atom is -0.453 e. The number of primary amides is 1. The van der Waals surface area contributed by atoms with Gasteiger partial charge in [-0.3, -0.25) is 9.78 Å². The fourth-order valence-corrected chi connectivity index (χ4v) is 5.06. The van der Waals surface area contributed by atoms with Crippen LogP contribution in [0.15, 0.2) is 72.9 Å². The highest BCUT2D eigenvalue weighted by atomic mass is 32.1. The van der Waals surface area contributed by atoms with E-state index in [0.29, 0.717) is 17.1 Å². The molecule has 4 aromatic rings. The van der Waals surface area contributed by atoms with Crippen molar-refractivity contribution in [2.24, 2.45) is 5.73 Å². The Morgan fingerprint density at radius 1 is 1.08 bits per heavy atom. The van der Waals surface area contributed by atoms with Gasteiger partial charge < -0.3 is 15.4 Å². The molecular weight excluding hydrogens is 503 g/mol. The number of rotatable bonds is 10. The molecular formula is C29H30FN4O3S+. The van der Waals surface area contributed by atoms with Crippen LogP contribution in [0.4, 0.5) is 15.8 Å². The molecule has 1 unspecified atom stereocenters. The minimum absolute atomic E-state index is 0.0136. The van der Waals surface area contributed by atoms with Crippen LogP contribution in [0.1, 0.15) is 17.7 Å². The maximum absolute atomic E-state index is 15.4. The SMILES string of the molecule is CN(C)CC/C=C\c1cc2nccc(Oc3ccc([N+](C)(C(=O)CC(N)=O)c4ccccc4)cc3F)c2s1. The highest BCUT2D eigenvalue weighted by Crippen LogP contribution is 2.39. The lowest BCUT2D eigenvalue weighted by molar-refractivity contribution is -0.131. The quantitative estimate of drug-likeness (QED) is 0.204. The van der Waals surface area contributed by atoms with Gasteiger partial charge in [-0.25, -0.2) is 9.18 Å². The number of ether oxygens (including phenoxy) is 1. The van der Waals surface area contributed by atoms with Crippen LogP contribution in [-0.4, -0.2) is 49.4 Å². The fraction of sp³-hybridized carbons (Fsp3) is 0.207. The number of benzene rings is 2. The summed E-state index contributed by atoms with van der Waals surface area (Å²) in [5.41, 5.74) is 6.99. The van der Waals surface area contributed by atoms with Gasteiger partial charge in [0.25, 0.3) is 0 Å². The third-order valence-corrected chi connectivity index (χ3v) is 7.27. The minimum atomic E-state index is -0.750. The highest BCUT2D eigenvalue weighted by molar-refractivity contribution is 7.20. The van der Waals surface area contributed by atoms with Gasteiger partial charge in [0.2, 0.25) is 5.91 Å². The summed E-state index contributed by atoms with van der Waals surface area (Å²) in [5, 5.41) is 0. The van der Waals surface area contributed by atoms with Crippen LogP contribution in [0, 0.1) is 5.82 Å². The summed E-state index contributed by atoms with van der Waals surface area (Å²) in [7, 11) is 5.68. The summed E-state index contributed by atoms with van der Waals surface area (Å²) in [6.07, 6.45) is 6.25. The Hall–Kier alpha value is -3.92. The Kier molecular flexibility index (Phi) is 8.31. The maximum Gasteiger partial charge on any atom is 0.333 e. The topological polar surface area (TPSA) is 85.5 Å². The Bertz CT molecular complexity index is 1490. The number of halogens is 1. The lowest BCUT2D eigenvalue weighted by Crippen LogP contribution is -2.47. The molecule has 0 aliphatic carbocycles. The lowest BCUT2D eigenvalue weighted by atomic mass is 10.1. The van der Waals surface area contributed by atoms with Crippen LogP contribution in [0.5, 0.6) is 11.5 Å². The summed E-state index contributed by atoms with van der Waals surface area (Å²) in [5.74, 6) is -1.36. The van der Waals surface area contributed by atoms with E-state index in [1.165, 1.54) is 23.5 Å². The number of carbonyl (C=O) groups is 2. The van der Waals surface area contributed by atoms with Crippen LogP contribution in [0.2, 0.25) is 0 Å². The van der Waals surface area contributed by atoms with Gasteiger partial charge in [-0.2, -0.15) is 4.48 Å². The van der Waals surface area contributed by atoms with E-state index in [-0.39, 0.29) is 5.75 Å². The van der Waals surface area contributed by atoms with Gasteiger partial charge in [0.1, 0.15) is 23.5 Å². The van der Waals surface area contributed by atoms with Crippen molar-refractivity contribution < 1.29 is 18.7 Å². The van der Waals surface area contributed by atoms with Gasteiger partial charge in [0.15, 0.2) is 11.6 Å². The average molecular weight is 534 g/mol. The molecule has 2 N–H and O–H groups in total. The number of pyridine rings is 1. The molecule has 0 saturated carbocycles. The van der Waals surface area contributed by atoms with E-state index < -0.39 is 28.5 Å². The predicted molar refractivity (Wildman–Crippen MR) is 151 cm³/mol. The fourth-order valence-electron chi connectivity index (χ4n) is 4.07. The van der Waals surface area contributed by atoms with E-state index in [1.54, 1.807) is 49.6 Å². The van der Waals surface area contributed by atoms with Crippen molar-refractivity contribution in [1.82, 2.24) is 14.4 Å². The van der Waals surface area contributed by atoms with Crippen LogP contribution in [0.25, 0.3) is 16.3 Å². The summed E-state index contributed by atoms with van der Waals surface area (Å²) >= 11 is 1.52. The van der Waals surface area contributed by atoms with Gasteiger partial charge in [-0.05, 0) is 38.7 Å². The van der Waals surface area contributed by atoms with Gasteiger partial charge in [-0.15, -0.1) is 11.3 Å². The molecule has 2 aromatic carbocycles. The summed E-state index contributed by atoms with van der Waals surface area (Å²) in [6, 6.07) is 16.9. The molecule has 2 heterocycles. The molecule has 0 aliphatic rings. The number of hydrogen-bond donors (Lipinski definition) is 1. The zero-order valence-corrected chi connectivity index (χ0v) is 22.4. The van der Waals surface area contributed by atoms with E-state index in [9.17, 15) is 9.59 Å². The van der Waals surface area contributed by atoms with E-state index in [2.05, 4.69) is 22.0 Å². The molecule has 0 saturated heterocycles. The standard InChI is InChI=1S/C29H29FN4O3S/c1-33(2)16-8-7-11-22-18-24-29(38-22)26(14-15-32-24)37-25-13-12-21(17-23(25)30)34(3,28(36)19-27(31)35)20-9-5-4-6-10-20/h4-7,9-15,17-18H,8,16,19H2,1-3H3,(H-,31,35)/p+1/b11-7-. The monoisotopic (exact) mass is 533 g/mol. The summed E-state index contributed by atoms with van der Waals surface area (Å²) in [4.78, 5) is 32.3. The number of thiophene rings is 1. The second kappa shape index (κ2) is 11.6. The predicted octanol–water partition coefficient (Wildman–Crippen LogP) is 5.86. The largest absolute Gasteiger partial charge is 0.453 e. The molecule has 0 aliphatic heterocycles. The van der Waals surface area contributed by atoms with E-state index in [4.69, 9.17) is 10.5 Å². The second-order valence-corrected chi connectivity index (χ2v) is 10.3. The molecule has 7 nitrogen and oxygen atoms in total. The van der Waals surface area contributed by atoms with Crippen molar-refractivity contribution in [2.75, 3.05) is 27.7 Å². The first-order valence-corrected chi connectivity index (χ1v) is 12.9. The molecule has 196 valence electrons. The number of quaternary nitrogens is 1. The second-order valence-electron chi connectivity index (χ2n) is 9.26. The molecule has 0 spiro atoms. The van der Waals surface area contributed by atoms with Gasteiger partial charge in [0, 0.05) is 48.0 Å². The molecule has 4 rings (SSSR count). The molecule has 38 heavy (non-hydrogen) atoms. The molecule has 0 bridgehead atoms. The third kappa shape index (κ3) is 5.96. The van der Waals surface area contributed by atoms with E-state index in [0.717, 1.165) is 28.1 Å². The molecule has 0 radical (unpaired) electrons. The van der Waals surface area contributed by atoms with Gasteiger partial charge in [0.05, 0.1) is 17.3 Å². The highest BCUT2D eigenvalue weighted by Gasteiger charge is 2.38. The summed E-state index contributed by atoms with van der Waals surface area (Å²) < 4.78 is 21.8. The first kappa shape index (κ1) is 27.1. The van der Waals surface area contributed by atoms with Crippen LogP contribution in [0.3, 0.4) is 0 Å². The number of para-hydroxylation sites is 1. The lowest BCUT2D eigenvalue weighted by Gasteiger charge is -2.30. The zero-order chi connectivity index (χ0) is 27.3. The molecule has 2 amide bonds. The van der Waals surface area contributed by atoms with Crippen LogP contribution < -0.4 is 15.0 Å². The smallest absolute Gasteiger partial charge is 0.333 e. The number of hydrogen-bond acceptors (Lipinski definition) is 6. The zero-order valence-electron chi connectivity index (χ0n) is 21.6. The summed E-state index contributed by atoms with van der Waals surface area (Å²) in [6.45, 7) is 0.958. The third-order valence-electron chi connectivity index (χ3n) is 6.17. The normalized spacial score (nSPS) is 13.2. The van der Waals surface area contributed by atoms with Crippen molar-refractivity contribution >= 4 is 50.8 Å². The first-order valence-electron chi connectivity index (χ1n) is 12.1. The van der Waals surface area contributed by atoms with Crippen molar-refractivity contribution in [2.45, 2.75) is 12.8 Å². The Labute approximate surface area is 225 Å². The number of fused-ring (bicyclic) bond motifs is 1. The molecule has 0 fully saturated rings. The number of aromatic nitrogens is 1. The van der Waals surface area contributed by atoms with Crippen molar-refractivity contribution in [1.29, 1.82) is 0 Å². The van der Waals surface area contributed by atoms with E-state index >= 15 is 4.39 Å². The van der Waals surface area contributed by atoms with Crippen molar-refractivity contribution in [3.8, 4) is 11.5 Å². The number of nitrogens with two attached hydrogens (primary N) is 1. The number of nitrogens with zero attached hydrogens (tertiary/aromatic N) is 3. The average Bonchev–Trinajstić information content (AvgIpc) is 3.31.